The Labute approximate surface area is 283 Å². The SMILES string of the molecule is CC(C)(C)OC(=O)CC[C@@H](C(N)=O)N1Cc2cc(Cn3cc4c(-c5ncc(C(F)(F)F)cc5Cl)cc(N5CC(F)C5)cc4n3)ccc2C1=O. The summed E-state index contributed by atoms with van der Waals surface area (Å²) in [5.41, 5.74) is 7.55. The molecule has 2 aliphatic rings. The van der Waals surface area contributed by atoms with Crippen molar-refractivity contribution in [3.05, 3.63) is 76.1 Å². The number of fused-ring (bicyclic) bond motifs is 2. The van der Waals surface area contributed by atoms with E-state index in [1.165, 1.54) is 4.90 Å². The summed E-state index contributed by atoms with van der Waals surface area (Å²) in [4.78, 5) is 45.2. The molecule has 15 heteroatoms. The minimum absolute atomic E-state index is 0.0161. The zero-order valence-electron chi connectivity index (χ0n) is 26.9. The summed E-state index contributed by atoms with van der Waals surface area (Å²) in [5.74, 6) is -1.61. The molecule has 4 heterocycles. The highest BCUT2D eigenvalue weighted by Crippen LogP contribution is 2.39. The highest BCUT2D eigenvalue weighted by molar-refractivity contribution is 6.33. The van der Waals surface area contributed by atoms with Crippen molar-refractivity contribution in [1.29, 1.82) is 0 Å². The maximum atomic E-state index is 13.7. The maximum absolute atomic E-state index is 13.7. The van der Waals surface area contributed by atoms with Crippen LogP contribution in [-0.2, 0) is 33.6 Å². The lowest BCUT2D eigenvalue weighted by Gasteiger charge is -2.36. The number of alkyl halides is 4. The number of aromatic nitrogens is 3. The molecule has 10 nitrogen and oxygen atoms in total. The van der Waals surface area contributed by atoms with Crippen molar-refractivity contribution in [2.24, 2.45) is 5.73 Å². The molecule has 1 atom stereocenters. The number of carbonyl (C=O) groups excluding carboxylic acids is 3. The normalized spacial score (nSPS) is 15.8. The van der Waals surface area contributed by atoms with Gasteiger partial charge in [-0.25, -0.2) is 4.39 Å². The molecule has 1 saturated heterocycles. The van der Waals surface area contributed by atoms with Gasteiger partial charge in [0.05, 0.1) is 41.4 Å². The lowest BCUT2D eigenvalue weighted by Crippen LogP contribution is -2.48. The Morgan fingerprint density at radius 3 is 2.47 bits per heavy atom. The second-order valence-electron chi connectivity index (χ2n) is 13.3. The summed E-state index contributed by atoms with van der Waals surface area (Å²) in [6.45, 7) is 5.91. The van der Waals surface area contributed by atoms with Crippen molar-refractivity contribution in [3.63, 3.8) is 0 Å². The molecule has 4 aromatic rings. The van der Waals surface area contributed by atoms with Gasteiger partial charge in [-0.2, -0.15) is 18.3 Å². The van der Waals surface area contributed by atoms with E-state index in [4.69, 9.17) is 27.2 Å². The number of hydrogen-bond donors (Lipinski definition) is 1. The topological polar surface area (TPSA) is 124 Å². The molecule has 258 valence electrons. The molecular weight excluding hydrogens is 668 g/mol. The first-order valence-corrected chi connectivity index (χ1v) is 15.9. The molecule has 2 N–H and O–H groups in total. The fraction of sp³-hybridized carbons (Fsp3) is 0.382. The Kier molecular flexibility index (Phi) is 8.80. The summed E-state index contributed by atoms with van der Waals surface area (Å²) in [7, 11) is 0. The molecule has 0 aliphatic carbocycles. The number of pyridine rings is 1. The summed E-state index contributed by atoms with van der Waals surface area (Å²) >= 11 is 6.34. The average Bonchev–Trinajstić information content (AvgIpc) is 3.53. The van der Waals surface area contributed by atoms with Crippen LogP contribution >= 0.6 is 11.6 Å². The number of nitrogens with zero attached hydrogens (tertiary/aromatic N) is 5. The van der Waals surface area contributed by atoms with Crippen LogP contribution in [-0.4, -0.2) is 68.4 Å². The van der Waals surface area contributed by atoms with Crippen molar-refractivity contribution in [2.45, 2.75) is 70.7 Å². The van der Waals surface area contributed by atoms with Gasteiger partial charge in [-0.05, 0) is 62.6 Å². The highest BCUT2D eigenvalue weighted by Gasteiger charge is 2.36. The number of benzene rings is 2. The molecule has 6 rings (SSSR count). The molecule has 2 aliphatic heterocycles. The molecule has 0 spiro atoms. The van der Waals surface area contributed by atoms with E-state index in [0.717, 1.165) is 17.8 Å². The minimum Gasteiger partial charge on any atom is -0.460 e. The van der Waals surface area contributed by atoms with E-state index in [1.54, 1.807) is 60.8 Å². The molecular formula is C34H33ClF4N6O4. The van der Waals surface area contributed by atoms with E-state index in [1.807, 2.05) is 6.07 Å². The monoisotopic (exact) mass is 700 g/mol. The van der Waals surface area contributed by atoms with Crippen molar-refractivity contribution in [2.75, 3.05) is 18.0 Å². The van der Waals surface area contributed by atoms with E-state index in [-0.39, 0.29) is 55.6 Å². The number of primary amides is 1. The van der Waals surface area contributed by atoms with Crippen LogP contribution < -0.4 is 10.6 Å². The van der Waals surface area contributed by atoms with Crippen molar-refractivity contribution >= 4 is 46.0 Å². The predicted molar refractivity (Wildman–Crippen MR) is 174 cm³/mol. The Hall–Kier alpha value is -4.72. The molecule has 0 bridgehead atoms. The first kappa shape index (κ1) is 34.2. The highest BCUT2D eigenvalue weighted by atomic mass is 35.5. The number of halogens is 5. The standard InChI is InChI=1S/C34H33ClF4N6O4/c1-33(2,3)49-29(46)7-6-28(31(40)47)45-14-19-8-18(4-5-23(19)32(45)48)13-44-17-25-24(30-26(35)9-20(12-41-30)34(37,38)39)10-22(11-27(25)42-44)43-15-21(36)16-43/h4-5,8-12,17,21,28H,6-7,13-16H2,1-3H3,(H2,40,47)/t28-/m0/s1. The summed E-state index contributed by atoms with van der Waals surface area (Å²) in [5, 5.41) is 5.09. The van der Waals surface area contributed by atoms with E-state index in [9.17, 15) is 31.9 Å². The van der Waals surface area contributed by atoms with Crippen LogP contribution in [0.15, 0.2) is 48.8 Å². The lowest BCUT2D eigenvalue weighted by atomic mass is 10.0. The quantitative estimate of drug-likeness (QED) is 0.170. The Morgan fingerprint density at radius 1 is 1.10 bits per heavy atom. The smallest absolute Gasteiger partial charge is 0.417 e. The molecule has 1 fully saturated rings. The van der Waals surface area contributed by atoms with Crippen LogP contribution in [0, 0.1) is 0 Å². The zero-order valence-corrected chi connectivity index (χ0v) is 27.6. The van der Waals surface area contributed by atoms with E-state index >= 15 is 0 Å². The molecule has 2 aromatic carbocycles. The van der Waals surface area contributed by atoms with Gasteiger partial charge >= 0.3 is 12.1 Å². The number of esters is 1. The minimum atomic E-state index is -4.62. The predicted octanol–water partition coefficient (Wildman–Crippen LogP) is 5.91. The number of anilines is 1. The van der Waals surface area contributed by atoms with Crippen LogP contribution in [0.1, 0.15) is 60.7 Å². The summed E-state index contributed by atoms with van der Waals surface area (Å²) < 4.78 is 60.7. The van der Waals surface area contributed by atoms with Gasteiger partial charge in [0, 0.05) is 47.6 Å². The fourth-order valence-electron chi connectivity index (χ4n) is 6.08. The average molecular weight is 701 g/mol. The molecule has 0 saturated carbocycles. The Morgan fingerprint density at radius 2 is 1.84 bits per heavy atom. The second kappa shape index (κ2) is 12.6. The number of nitrogens with two attached hydrogens (primary N) is 1. The van der Waals surface area contributed by atoms with E-state index < -0.39 is 41.4 Å². The Bertz CT molecular complexity index is 1970. The molecule has 49 heavy (non-hydrogen) atoms. The van der Waals surface area contributed by atoms with Crippen molar-refractivity contribution in [1.82, 2.24) is 19.7 Å². The van der Waals surface area contributed by atoms with E-state index in [2.05, 4.69) is 4.98 Å². The fourth-order valence-corrected chi connectivity index (χ4v) is 6.34. The van der Waals surface area contributed by atoms with Gasteiger partial charge in [0.25, 0.3) is 5.91 Å². The van der Waals surface area contributed by atoms with Crippen LogP contribution in [0.4, 0.5) is 23.2 Å². The molecule has 0 unspecified atom stereocenters. The van der Waals surface area contributed by atoms with Gasteiger partial charge in [-0.1, -0.05) is 23.7 Å². The van der Waals surface area contributed by atoms with Gasteiger partial charge in [-0.15, -0.1) is 0 Å². The molecule has 2 aromatic heterocycles. The third-order valence-electron chi connectivity index (χ3n) is 8.38. The third kappa shape index (κ3) is 7.19. The van der Waals surface area contributed by atoms with Gasteiger partial charge < -0.3 is 20.3 Å². The largest absolute Gasteiger partial charge is 0.460 e. The number of ether oxygens (including phenoxy) is 1. The third-order valence-corrected chi connectivity index (χ3v) is 8.66. The van der Waals surface area contributed by atoms with Crippen LogP contribution in [0.2, 0.25) is 5.02 Å². The number of carbonyl (C=O) groups is 3. The first-order chi connectivity index (χ1) is 23.0. The first-order valence-electron chi connectivity index (χ1n) is 15.5. The zero-order chi connectivity index (χ0) is 35.4. The Balaban J connectivity index is 1.26. The number of rotatable bonds is 9. The van der Waals surface area contributed by atoms with E-state index in [0.29, 0.717) is 33.3 Å². The van der Waals surface area contributed by atoms with Crippen LogP contribution in [0.3, 0.4) is 0 Å². The van der Waals surface area contributed by atoms with Gasteiger partial charge in [0.2, 0.25) is 5.91 Å². The van der Waals surface area contributed by atoms with Gasteiger partial charge in [0.15, 0.2) is 0 Å². The lowest BCUT2D eigenvalue weighted by molar-refractivity contribution is -0.155. The summed E-state index contributed by atoms with van der Waals surface area (Å²) in [6, 6.07) is 8.56. The van der Waals surface area contributed by atoms with Crippen LogP contribution in [0.5, 0.6) is 0 Å². The molecule has 2 amide bonds. The van der Waals surface area contributed by atoms with Crippen molar-refractivity contribution < 1.29 is 36.7 Å². The molecule has 0 radical (unpaired) electrons. The maximum Gasteiger partial charge on any atom is 0.417 e. The van der Waals surface area contributed by atoms with Crippen molar-refractivity contribution in [3.8, 4) is 11.3 Å². The van der Waals surface area contributed by atoms with Gasteiger partial charge in [0.1, 0.15) is 17.8 Å². The number of amides is 2. The number of hydrogen-bond acceptors (Lipinski definition) is 7. The summed E-state index contributed by atoms with van der Waals surface area (Å²) in [6.07, 6.45) is -3.24. The van der Waals surface area contributed by atoms with Gasteiger partial charge in [-0.3, -0.25) is 24.0 Å². The second-order valence-corrected chi connectivity index (χ2v) is 13.7. The van der Waals surface area contributed by atoms with Crippen LogP contribution in [0.25, 0.3) is 22.2 Å².